The van der Waals surface area contributed by atoms with Gasteiger partial charge in [-0.15, -0.1) is 0 Å². The molecule has 0 saturated heterocycles. The lowest BCUT2D eigenvalue weighted by molar-refractivity contribution is 1.06. The smallest absolute Gasteiger partial charge is 0.179 e. The second kappa shape index (κ2) is 16.8. The van der Waals surface area contributed by atoms with Gasteiger partial charge in [-0.05, 0) is 85.5 Å². The molecule has 0 radical (unpaired) electrons. The standard InChI is InChI=1S/C65H45N3Si/c1-6-21-46(22-7-1)48-37-39-63-58(42-48)56-33-16-18-35-61(56)67(63)51-44-60(66-65(45-51)68-62-36-19-17-34-57(62)59-43-49(38-40-64(59)68)47-23-8-2-9-24-47)50-25-20-32-55(41-50)69(52-26-10-3-11-27-52,53-28-12-4-13-29-53)54-30-14-5-15-31-54/h1-45H. The van der Waals surface area contributed by atoms with E-state index in [2.05, 4.69) is 282 Å². The Morgan fingerprint density at radius 1 is 0.261 bits per heavy atom. The van der Waals surface area contributed by atoms with Crippen molar-refractivity contribution in [3.63, 3.8) is 0 Å². The van der Waals surface area contributed by atoms with Gasteiger partial charge in [-0.3, -0.25) is 4.57 Å². The predicted octanol–water partition coefficient (Wildman–Crippen LogP) is 13.7. The molecular weight excluding hydrogens is 851 g/mol. The van der Waals surface area contributed by atoms with Crippen LogP contribution >= 0.6 is 0 Å². The molecule has 0 saturated carbocycles. The number of rotatable bonds is 9. The summed E-state index contributed by atoms with van der Waals surface area (Å²) in [6.07, 6.45) is 0. The Balaban J connectivity index is 1.09. The van der Waals surface area contributed by atoms with Gasteiger partial charge in [0.1, 0.15) is 5.82 Å². The molecule has 4 heteroatoms. The summed E-state index contributed by atoms with van der Waals surface area (Å²) in [4.78, 5) is 5.76. The minimum absolute atomic E-state index is 0.857. The monoisotopic (exact) mass is 895 g/mol. The van der Waals surface area contributed by atoms with E-state index >= 15 is 0 Å². The summed E-state index contributed by atoms with van der Waals surface area (Å²) < 4.78 is 4.81. The molecule has 0 aliphatic rings. The fourth-order valence-corrected chi connectivity index (χ4v) is 15.8. The van der Waals surface area contributed by atoms with Crippen molar-refractivity contribution in [1.29, 1.82) is 0 Å². The molecule has 13 rings (SSSR count). The van der Waals surface area contributed by atoms with Crippen molar-refractivity contribution in [2.24, 2.45) is 0 Å². The van der Waals surface area contributed by atoms with E-state index in [-0.39, 0.29) is 0 Å². The predicted molar refractivity (Wildman–Crippen MR) is 293 cm³/mol. The van der Waals surface area contributed by atoms with E-state index in [0.29, 0.717) is 0 Å². The van der Waals surface area contributed by atoms with Gasteiger partial charge in [-0.1, -0.05) is 224 Å². The summed E-state index contributed by atoms with van der Waals surface area (Å²) in [7, 11) is -2.85. The summed E-state index contributed by atoms with van der Waals surface area (Å²) in [6, 6.07) is 100. The number of aromatic nitrogens is 3. The van der Waals surface area contributed by atoms with Gasteiger partial charge < -0.3 is 4.57 Å². The number of nitrogens with zero attached hydrogens (tertiary/aromatic N) is 3. The molecule has 0 N–H and O–H groups in total. The largest absolute Gasteiger partial charge is 0.309 e. The second-order valence-corrected chi connectivity index (χ2v) is 21.7. The van der Waals surface area contributed by atoms with Crippen LogP contribution in [0.5, 0.6) is 0 Å². The first kappa shape index (κ1) is 40.4. The highest BCUT2D eigenvalue weighted by Crippen LogP contribution is 2.39. The van der Waals surface area contributed by atoms with Crippen molar-refractivity contribution >= 4 is 72.4 Å². The van der Waals surface area contributed by atoms with Crippen LogP contribution in [0.2, 0.25) is 0 Å². The van der Waals surface area contributed by atoms with Crippen LogP contribution in [0.1, 0.15) is 0 Å². The summed E-state index contributed by atoms with van der Waals surface area (Å²) in [5, 5.41) is 10.1. The Kier molecular flexibility index (Phi) is 9.85. The van der Waals surface area contributed by atoms with Crippen LogP contribution in [0.4, 0.5) is 0 Å². The molecule has 3 heterocycles. The van der Waals surface area contributed by atoms with Crippen molar-refractivity contribution in [2.75, 3.05) is 0 Å². The van der Waals surface area contributed by atoms with Crippen LogP contribution in [0.15, 0.2) is 273 Å². The number of hydrogen-bond donors (Lipinski definition) is 0. The average molecular weight is 896 g/mol. The van der Waals surface area contributed by atoms with Gasteiger partial charge in [0, 0.05) is 33.2 Å². The molecule has 10 aromatic carbocycles. The number of pyridine rings is 1. The third-order valence-electron chi connectivity index (χ3n) is 14.1. The molecule has 0 bridgehead atoms. The van der Waals surface area contributed by atoms with Crippen LogP contribution < -0.4 is 20.7 Å². The van der Waals surface area contributed by atoms with Crippen LogP contribution in [0.25, 0.3) is 88.6 Å². The molecular formula is C65H45N3Si. The average Bonchev–Trinajstić information content (AvgIpc) is 3.95. The lowest BCUT2D eigenvalue weighted by Crippen LogP contribution is -2.74. The first-order valence-electron chi connectivity index (χ1n) is 23.7. The first-order valence-corrected chi connectivity index (χ1v) is 25.7. The maximum Gasteiger partial charge on any atom is 0.179 e. The second-order valence-electron chi connectivity index (χ2n) is 17.9. The van der Waals surface area contributed by atoms with Crippen molar-refractivity contribution in [1.82, 2.24) is 14.1 Å². The van der Waals surface area contributed by atoms with Crippen LogP contribution in [0.3, 0.4) is 0 Å². The Morgan fingerprint density at radius 3 is 1.19 bits per heavy atom. The molecule has 0 aliphatic heterocycles. The third-order valence-corrected chi connectivity index (χ3v) is 18.8. The van der Waals surface area contributed by atoms with E-state index in [1.807, 2.05) is 0 Å². The van der Waals surface area contributed by atoms with E-state index in [1.54, 1.807) is 0 Å². The fourth-order valence-electron chi connectivity index (χ4n) is 11.0. The van der Waals surface area contributed by atoms with Crippen LogP contribution in [-0.2, 0) is 0 Å². The highest BCUT2D eigenvalue weighted by atomic mass is 28.3. The highest BCUT2D eigenvalue weighted by Gasteiger charge is 2.41. The number of hydrogen-bond acceptors (Lipinski definition) is 1. The van der Waals surface area contributed by atoms with Crippen molar-refractivity contribution in [2.45, 2.75) is 0 Å². The molecule has 0 atom stereocenters. The Hall–Kier alpha value is -8.83. The minimum atomic E-state index is -2.85. The molecule has 13 aromatic rings. The van der Waals surface area contributed by atoms with E-state index in [4.69, 9.17) is 4.98 Å². The highest BCUT2D eigenvalue weighted by molar-refractivity contribution is 7.19. The minimum Gasteiger partial charge on any atom is -0.309 e. The molecule has 0 fully saturated rings. The normalized spacial score (nSPS) is 11.8. The van der Waals surface area contributed by atoms with E-state index in [1.165, 1.54) is 64.5 Å². The lowest BCUT2D eigenvalue weighted by Gasteiger charge is -2.34. The lowest BCUT2D eigenvalue weighted by atomic mass is 10.0. The van der Waals surface area contributed by atoms with Gasteiger partial charge >= 0.3 is 0 Å². The Bertz CT molecular complexity index is 3720. The van der Waals surface area contributed by atoms with Gasteiger partial charge in [0.2, 0.25) is 0 Å². The molecule has 0 unspecified atom stereocenters. The Labute approximate surface area is 402 Å². The van der Waals surface area contributed by atoms with E-state index < -0.39 is 8.07 Å². The molecule has 0 amide bonds. The van der Waals surface area contributed by atoms with Crippen molar-refractivity contribution < 1.29 is 0 Å². The molecule has 324 valence electrons. The number of para-hydroxylation sites is 2. The van der Waals surface area contributed by atoms with E-state index in [9.17, 15) is 0 Å². The fraction of sp³-hybridized carbons (Fsp3) is 0. The summed E-state index contributed by atoms with van der Waals surface area (Å²) in [6.45, 7) is 0. The van der Waals surface area contributed by atoms with Gasteiger partial charge in [-0.2, -0.15) is 0 Å². The quantitative estimate of drug-likeness (QED) is 0.105. The van der Waals surface area contributed by atoms with Gasteiger partial charge in [-0.25, -0.2) is 4.98 Å². The number of benzene rings is 10. The van der Waals surface area contributed by atoms with Crippen LogP contribution in [-0.4, -0.2) is 22.2 Å². The summed E-state index contributed by atoms with van der Waals surface area (Å²) in [5.74, 6) is 0.857. The topological polar surface area (TPSA) is 22.8 Å². The van der Waals surface area contributed by atoms with Crippen LogP contribution in [0, 0.1) is 0 Å². The van der Waals surface area contributed by atoms with Crippen molar-refractivity contribution in [3.8, 4) is 45.0 Å². The van der Waals surface area contributed by atoms with Gasteiger partial charge in [0.15, 0.2) is 8.07 Å². The maximum atomic E-state index is 5.76. The van der Waals surface area contributed by atoms with E-state index in [0.717, 1.165) is 44.8 Å². The SMILES string of the molecule is c1ccc(-c2ccc3c(c2)c2ccccc2n3-c2cc(-c3cccc([Si](c4ccccc4)(c4ccccc4)c4ccccc4)c3)nc(-n3c4ccccc4c4cc(-c5ccccc5)ccc43)c2)cc1. The van der Waals surface area contributed by atoms with Crippen molar-refractivity contribution in [3.05, 3.63) is 273 Å². The van der Waals surface area contributed by atoms with Gasteiger partial charge in [0.05, 0.1) is 33.4 Å². The first-order chi connectivity index (χ1) is 34.2. The summed E-state index contributed by atoms with van der Waals surface area (Å²) in [5.41, 5.74) is 12.3. The maximum absolute atomic E-state index is 5.76. The van der Waals surface area contributed by atoms with Gasteiger partial charge in [0.25, 0.3) is 0 Å². The zero-order chi connectivity index (χ0) is 45.7. The molecule has 0 spiro atoms. The zero-order valence-electron chi connectivity index (χ0n) is 37.8. The third kappa shape index (κ3) is 6.76. The molecule has 0 aliphatic carbocycles. The zero-order valence-corrected chi connectivity index (χ0v) is 38.8. The molecule has 3 nitrogen and oxygen atoms in total. The summed E-state index contributed by atoms with van der Waals surface area (Å²) >= 11 is 0. The Morgan fingerprint density at radius 2 is 0.667 bits per heavy atom. The number of fused-ring (bicyclic) bond motifs is 6. The molecule has 3 aromatic heterocycles. The molecule has 69 heavy (non-hydrogen) atoms.